The van der Waals surface area contributed by atoms with E-state index in [1.165, 1.54) is 0 Å². The lowest BCUT2D eigenvalue weighted by molar-refractivity contribution is 0.0241. The number of carboxylic acids is 1. The van der Waals surface area contributed by atoms with Crippen molar-refractivity contribution in [3.8, 4) is 0 Å². The Hall–Kier alpha value is -1.86. The highest BCUT2D eigenvalue weighted by atomic mass is 35.5. The fourth-order valence-corrected chi connectivity index (χ4v) is 1.40. The normalized spacial score (nSPS) is 13.5. The van der Waals surface area contributed by atoms with Gasteiger partial charge in [0.15, 0.2) is 0 Å². The van der Waals surface area contributed by atoms with Crippen LogP contribution < -0.4 is 0 Å². The summed E-state index contributed by atoms with van der Waals surface area (Å²) in [5.74, 6) is -1.30. The zero-order valence-electron chi connectivity index (χ0n) is 8.93. The largest absolute Gasteiger partial charge is 0.478 e. The molecule has 2 atom stereocenters. The van der Waals surface area contributed by atoms with Crippen molar-refractivity contribution >= 4 is 17.6 Å². The topological polar surface area (TPSA) is 139 Å². The molecule has 8 nitrogen and oxygen atoms in total. The molecule has 0 saturated carbocycles. The third-order valence-electron chi connectivity index (χ3n) is 2.13. The SMILES string of the molecule is [N-]=[N+]=NCC(O)C(O)c1cnc(Cl)c(C(=O)O)c1. The van der Waals surface area contributed by atoms with Crippen LogP contribution in [0.5, 0.6) is 0 Å². The Morgan fingerprint density at radius 3 is 2.83 bits per heavy atom. The molecule has 0 aliphatic carbocycles. The van der Waals surface area contributed by atoms with Gasteiger partial charge in [0.2, 0.25) is 0 Å². The number of rotatable bonds is 5. The van der Waals surface area contributed by atoms with E-state index in [0.29, 0.717) is 0 Å². The van der Waals surface area contributed by atoms with Gasteiger partial charge in [-0.15, -0.1) is 0 Å². The number of aliphatic hydroxyl groups is 2. The van der Waals surface area contributed by atoms with Crippen molar-refractivity contribution in [2.45, 2.75) is 12.2 Å². The minimum atomic E-state index is -1.42. The van der Waals surface area contributed by atoms with E-state index < -0.39 is 18.2 Å². The highest BCUT2D eigenvalue weighted by Crippen LogP contribution is 2.21. The number of halogens is 1. The molecule has 3 N–H and O–H groups in total. The molecule has 0 bridgehead atoms. The molecule has 1 aromatic heterocycles. The molecule has 0 saturated heterocycles. The van der Waals surface area contributed by atoms with Gasteiger partial charge in [0, 0.05) is 16.7 Å². The van der Waals surface area contributed by atoms with Gasteiger partial charge in [0.05, 0.1) is 18.2 Å². The molecule has 0 spiro atoms. The van der Waals surface area contributed by atoms with Crippen LogP contribution in [-0.4, -0.2) is 38.9 Å². The number of carbonyl (C=O) groups is 1. The first kappa shape index (κ1) is 14.2. The van der Waals surface area contributed by atoms with Crippen LogP contribution in [-0.2, 0) is 0 Å². The van der Waals surface area contributed by atoms with Gasteiger partial charge in [-0.2, -0.15) is 0 Å². The Kier molecular flexibility index (Phi) is 4.87. The summed E-state index contributed by atoms with van der Waals surface area (Å²) in [6.07, 6.45) is -1.64. The summed E-state index contributed by atoms with van der Waals surface area (Å²) in [7, 11) is 0. The Balaban J connectivity index is 2.99. The van der Waals surface area contributed by atoms with Gasteiger partial charge in [-0.3, -0.25) is 0 Å². The lowest BCUT2D eigenvalue weighted by Gasteiger charge is -2.16. The Bertz CT molecular complexity index is 503. The van der Waals surface area contributed by atoms with Gasteiger partial charge in [-0.1, -0.05) is 16.7 Å². The lowest BCUT2D eigenvalue weighted by atomic mass is 10.0. The van der Waals surface area contributed by atoms with E-state index in [2.05, 4.69) is 15.0 Å². The van der Waals surface area contributed by atoms with Crippen LogP contribution in [0.1, 0.15) is 22.0 Å². The first-order valence-electron chi connectivity index (χ1n) is 4.73. The fourth-order valence-electron chi connectivity index (χ4n) is 1.22. The number of aromatic carboxylic acids is 1. The standard InChI is InChI=1S/C9H9ClN4O4/c10-8-5(9(17)18)1-4(2-12-8)7(16)6(15)3-13-14-11/h1-2,6-7,15-16H,3H2,(H,17,18). The molecule has 1 aromatic rings. The molecule has 96 valence electrons. The summed E-state index contributed by atoms with van der Waals surface area (Å²) in [5, 5.41) is 30.9. The van der Waals surface area contributed by atoms with Crippen molar-refractivity contribution in [1.82, 2.24) is 4.98 Å². The van der Waals surface area contributed by atoms with Gasteiger partial charge >= 0.3 is 5.97 Å². The number of nitrogens with zero attached hydrogens (tertiary/aromatic N) is 4. The number of aromatic nitrogens is 1. The number of hydrogen-bond acceptors (Lipinski definition) is 5. The first-order chi connectivity index (χ1) is 8.47. The summed E-state index contributed by atoms with van der Waals surface area (Å²) >= 11 is 5.56. The monoisotopic (exact) mass is 272 g/mol. The average molecular weight is 273 g/mol. The molecule has 9 heteroatoms. The smallest absolute Gasteiger partial charge is 0.338 e. The highest BCUT2D eigenvalue weighted by Gasteiger charge is 2.20. The third-order valence-corrected chi connectivity index (χ3v) is 2.43. The molecule has 18 heavy (non-hydrogen) atoms. The van der Waals surface area contributed by atoms with Crippen LogP contribution in [0.4, 0.5) is 0 Å². The summed E-state index contributed by atoms with van der Waals surface area (Å²) in [6.45, 7) is -0.345. The van der Waals surface area contributed by atoms with E-state index in [0.717, 1.165) is 12.3 Å². The molecule has 0 radical (unpaired) electrons. The fraction of sp³-hybridized carbons (Fsp3) is 0.333. The molecule has 0 aromatic carbocycles. The second-order valence-corrected chi connectivity index (χ2v) is 3.70. The molecular weight excluding hydrogens is 264 g/mol. The van der Waals surface area contributed by atoms with Crippen LogP contribution in [0.25, 0.3) is 10.4 Å². The van der Waals surface area contributed by atoms with Crippen LogP contribution in [0.15, 0.2) is 17.4 Å². The predicted molar refractivity (Wildman–Crippen MR) is 61.2 cm³/mol. The first-order valence-corrected chi connectivity index (χ1v) is 5.11. The number of pyridine rings is 1. The molecule has 1 rings (SSSR count). The van der Waals surface area contributed by atoms with Gasteiger partial charge in [-0.05, 0) is 11.6 Å². The molecular formula is C9H9ClN4O4. The van der Waals surface area contributed by atoms with Gasteiger partial charge in [0.25, 0.3) is 0 Å². The Morgan fingerprint density at radius 1 is 1.61 bits per heavy atom. The molecule has 0 aliphatic rings. The van der Waals surface area contributed by atoms with Crippen molar-refractivity contribution < 1.29 is 20.1 Å². The summed E-state index contributed by atoms with van der Waals surface area (Å²) < 4.78 is 0. The minimum absolute atomic E-state index is 0.0671. The second kappa shape index (κ2) is 6.18. The number of carboxylic acid groups (broad SMARTS) is 1. The second-order valence-electron chi connectivity index (χ2n) is 3.34. The van der Waals surface area contributed by atoms with Crippen LogP contribution in [0, 0.1) is 0 Å². The van der Waals surface area contributed by atoms with Crippen molar-refractivity contribution in [2.24, 2.45) is 5.11 Å². The third kappa shape index (κ3) is 3.31. The maximum atomic E-state index is 10.8. The van der Waals surface area contributed by atoms with E-state index >= 15 is 0 Å². The van der Waals surface area contributed by atoms with E-state index in [4.69, 9.17) is 22.2 Å². The van der Waals surface area contributed by atoms with E-state index in [1.54, 1.807) is 0 Å². The maximum absolute atomic E-state index is 10.8. The summed E-state index contributed by atoms with van der Waals surface area (Å²) in [6, 6.07) is 1.10. The number of aliphatic hydroxyl groups excluding tert-OH is 2. The zero-order valence-corrected chi connectivity index (χ0v) is 9.69. The van der Waals surface area contributed by atoms with Gasteiger partial charge in [-0.25, -0.2) is 9.78 Å². The van der Waals surface area contributed by atoms with Crippen LogP contribution in [0.2, 0.25) is 5.15 Å². The molecule has 0 aliphatic heterocycles. The lowest BCUT2D eigenvalue weighted by Crippen LogP contribution is -2.21. The zero-order chi connectivity index (χ0) is 13.7. The van der Waals surface area contributed by atoms with Crippen molar-refractivity contribution in [2.75, 3.05) is 6.54 Å². The quantitative estimate of drug-likeness (QED) is 0.319. The van der Waals surface area contributed by atoms with E-state index in [1.807, 2.05) is 0 Å². The van der Waals surface area contributed by atoms with Crippen molar-refractivity contribution in [3.63, 3.8) is 0 Å². The number of hydrogen-bond donors (Lipinski definition) is 3. The Morgan fingerprint density at radius 2 is 2.28 bits per heavy atom. The van der Waals surface area contributed by atoms with Gasteiger partial charge < -0.3 is 15.3 Å². The van der Waals surface area contributed by atoms with Gasteiger partial charge in [0.1, 0.15) is 11.3 Å². The average Bonchev–Trinajstić information content (AvgIpc) is 2.35. The van der Waals surface area contributed by atoms with Crippen LogP contribution in [0.3, 0.4) is 0 Å². The van der Waals surface area contributed by atoms with Crippen molar-refractivity contribution in [3.05, 3.63) is 39.0 Å². The van der Waals surface area contributed by atoms with Crippen molar-refractivity contribution in [1.29, 1.82) is 0 Å². The Labute approximate surface area is 106 Å². The molecule has 1 heterocycles. The van der Waals surface area contributed by atoms with E-state index in [9.17, 15) is 15.0 Å². The molecule has 2 unspecified atom stereocenters. The van der Waals surface area contributed by atoms with Crippen LogP contribution >= 0.6 is 11.6 Å². The minimum Gasteiger partial charge on any atom is -0.478 e. The number of azide groups is 1. The molecule has 0 amide bonds. The summed E-state index contributed by atoms with van der Waals surface area (Å²) in [5.41, 5.74) is 7.86. The van der Waals surface area contributed by atoms with E-state index in [-0.39, 0.29) is 22.8 Å². The maximum Gasteiger partial charge on any atom is 0.338 e. The molecule has 0 fully saturated rings. The highest BCUT2D eigenvalue weighted by molar-refractivity contribution is 6.32. The predicted octanol–water partition coefficient (Wildman–Crippen LogP) is 1.14. The summed E-state index contributed by atoms with van der Waals surface area (Å²) in [4.78, 5) is 16.8.